The molecular weight excluding hydrogens is 165 g/mol. The maximum Gasteiger partial charge on any atom is 1.00 e. The van der Waals surface area contributed by atoms with Crippen molar-refractivity contribution in [2.75, 3.05) is 0 Å². The van der Waals surface area contributed by atoms with Crippen LogP contribution in [0.5, 0.6) is 0 Å². The SMILES string of the molecule is Cc1ccccc1[N-]C=O.[K+]. The maximum absolute atomic E-state index is 9.96. The summed E-state index contributed by atoms with van der Waals surface area (Å²) in [7, 11) is 0. The van der Waals surface area contributed by atoms with Crippen molar-refractivity contribution in [3.8, 4) is 0 Å². The zero-order valence-electron chi connectivity index (χ0n) is 6.74. The van der Waals surface area contributed by atoms with E-state index in [1.54, 1.807) is 0 Å². The van der Waals surface area contributed by atoms with E-state index < -0.39 is 0 Å². The zero-order chi connectivity index (χ0) is 7.40. The van der Waals surface area contributed by atoms with Crippen LogP contribution in [-0.4, -0.2) is 6.41 Å². The molecule has 0 unspecified atom stereocenters. The Hall–Kier alpha value is 0.326. The first-order valence-corrected chi connectivity index (χ1v) is 3.04. The molecule has 0 spiro atoms. The molecule has 0 aliphatic carbocycles. The standard InChI is InChI=1S/C8H9NO.K/c1-7-4-2-3-5-8(7)9-6-10;/h2-6H,1H3,(H,9,10);/q;+1/p-1. The smallest absolute Gasteiger partial charge is 0.630 e. The molecule has 0 bridgehead atoms. The number of carbonyl (C=O) groups excluding carboxylic acids is 1. The number of amides is 1. The molecule has 3 heteroatoms. The topological polar surface area (TPSA) is 31.2 Å². The van der Waals surface area contributed by atoms with Gasteiger partial charge >= 0.3 is 51.4 Å². The Kier molecular flexibility index (Phi) is 6.09. The fourth-order valence-corrected chi connectivity index (χ4v) is 0.765. The van der Waals surface area contributed by atoms with Gasteiger partial charge in [-0.1, -0.05) is 29.8 Å². The Morgan fingerprint density at radius 2 is 2.00 bits per heavy atom. The van der Waals surface area contributed by atoms with Gasteiger partial charge in [-0.05, 0) is 6.92 Å². The number of hydrogen-bond acceptors (Lipinski definition) is 1. The van der Waals surface area contributed by atoms with Gasteiger partial charge in [-0.25, -0.2) is 0 Å². The first-order chi connectivity index (χ1) is 4.84. The Bertz CT molecular complexity index is 237. The quantitative estimate of drug-likeness (QED) is 0.424. The Morgan fingerprint density at radius 3 is 2.55 bits per heavy atom. The fraction of sp³-hybridized carbons (Fsp3) is 0.125. The molecule has 1 rings (SSSR count). The third-order valence-electron chi connectivity index (χ3n) is 1.31. The molecule has 0 atom stereocenters. The summed E-state index contributed by atoms with van der Waals surface area (Å²) in [5.74, 6) is 0. The van der Waals surface area contributed by atoms with Crippen molar-refractivity contribution in [2.24, 2.45) is 0 Å². The van der Waals surface area contributed by atoms with E-state index in [0.29, 0.717) is 6.41 Å². The van der Waals surface area contributed by atoms with Gasteiger partial charge in [0.2, 0.25) is 0 Å². The summed E-state index contributed by atoms with van der Waals surface area (Å²) in [6.07, 6.45) is 0.558. The van der Waals surface area contributed by atoms with Gasteiger partial charge in [-0.3, -0.25) is 0 Å². The van der Waals surface area contributed by atoms with Crippen LogP contribution >= 0.6 is 0 Å². The van der Waals surface area contributed by atoms with Crippen LogP contribution in [0, 0.1) is 6.92 Å². The summed E-state index contributed by atoms with van der Waals surface area (Å²) >= 11 is 0. The van der Waals surface area contributed by atoms with Crippen molar-refractivity contribution >= 4 is 12.1 Å². The van der Waals surface area contributed by atoms with Crippen molar-refractivity contribution in [3.05, 3.63) is 35.1 Å². The number of rotatable bonds is 2. The zero-order valence-corrected chi connectivity index (χ0v) is 9.87. The van der Waals surface area contributed by atoms with Gasteiger partial charge in [0.15, 0.2) is 0 Å². The monoisotopic (exact) mass is 173 g/mol. The first-order valence-electron chi connectivity index (χ1n) is 3.04. The van der Waals surface area contributed by atoms with Crippen molar-refractivity contribution in [3.63, 3.8) is 0 Å². The molecule has 11 heavy (non-hydrogen) atoms. The number of aryl methyl sites for hydroxylation is 1. The number of carbonyl (C=O) groups is 1. The van der Waals surface area contributed by atoms with Gasteiger partial charge in [-0.15, -0.1) is 5.69 Å². The van der Waals surface area contributed by atoms with Gasteiger partial charge in [0.25, 0.3) is 0 Å². The summed E-state index contributed by atoms with van der Waals surface area (Å²) < 4.78 is 0. The van der Waals surface area contributed by atoms with E-state index in [1.165, 1.54) is 0 Å². The minimum Gasteiger partial charge on any atom is -0.630 e. The molecule has 0 N–H and O–H groups in total. The van der Waals surface area contributed by atoms with Crippen LogP contribution in [0.1, 0.15) is 5.56 Å². The average molecular weight is 173 g/mol. The van der Waals surface area contributed by atoms with Gasteiger partial charge in [0, 0.05) is 6.41 Å². The third kappa shape index (κ3) is 3.49. The number of para-hydroxylation sites is 1. The molecule has 0 aromatic heterocycles. The number of hydrogen-bond donors (Lipinski definition) is 0. The second-order valence-electron chi connectivity index (χ2n) is 2.02. The minimum absolute atomic E-state index is 0. The fourth-order valence-electron chi connectivity index (χ4n) is 0.765. The molecule has 0 radical (unpaired) electrons. The van der Waals surface area contributed by atoms with Crippen molar-refractivity contribution in [2.45, 2.75) is 6.92 Å². The number of nitrogens with zero attached hydrogens (tertiary/aromatic N) is 1. The summed E-state index contributed by atoms with van der Waals surface area (Å²) in [6.45, 7) is 1.92. The van der Waals surface area contributed by atoms with E-state index in [1.807, 2.05) is 31.2 Å². The molecule has 0 fully saturated rings. The van der Waals surface area contributed by atoms with E-state index in [9.17, 15) is 4.79 Å². The van der Waals surface area contributed by atoms with Crippen LogP contribution in [0.15, 0.2) is 24.3 Å². The molecule has 2 nitrogen and oxygen atoms in total. The largest absolute Gasteiger partial charge is 1.00 e. The molecule has 1 aromatic carbocycles. The molecule has 0 aliphatic heterocycles. The molecule has 0 aliphatic rings. The second-order valence-corrected chi connectivity index (χ2v) is 2.02. The molecule has 1 aromatic rings. The van der Waals surface area contributed by atoms with Crippen LogP contribution in [0.3, 0.4) is 0 Å². The Morgan fingerprint density at radius 1 is 1.36 bits per heavy atom. The van der Waals surface area contributed by atoms with Gasteiger partial charge in [0.05, 0.1) is 0 Å². The molecular formula is C8H8KNO. The second kappa shape index (κ2) is 5.91. The van der Waals surface area contributed by atoms with Crippen LogP contribution in [-0.2, 0) is 4.79 Å². The van der Waals surface area contributed by atoms with Crippen LogP contribution in [0.25, 0.3) is 5.32 Å². The average Bonchev–Trinajstić information content (AvgIpc) is 1.94. The van der Waals surface area contributed by atoms with Gasteiger partial charge in [0.1, 0.15) is 0 Å². The summed E-state index contributed by atoms with van der Waals surface area (Å²) in [6, 6.07) is 7.50. The predicted octanol–water partition coefficient (Wildman–Crippen LogP) is -0.839. The Balaban J connectivity index is 0.000001000. The van der Waals surface area contributed by atoms with Crippen LogP contribution in [0.2, 0.25) is 0 Å². The number of benzene rings is 1. The van der Waals surface area contributed by atoms with Crippen molar-refractivity contribution in [1.82, 2.24) is 0 Å². The van der Waals surface area contributed by atoms with Crippen LogP contribution in [0.4, 0.5) is 5.69 Å². The molecule has 52 valence electrons. The molecule has 0 saturated heterocycles. The van der Waals surface area contributed by atoms with Crippen molar-refractivity contribution in [1.29, 1.82) is 0 Å². The predicted molar refractivity (Wildman–Crippen MR) is 40.3 cm³/mol. The normalized spacial score (nSPS) is 8.09. The van der Waals surface area contributed by atoms with E-state index in [-0.39, 0.29) is 51.4 Å². The minimum atomic E-state index is 0. The van der Waals surface area contributed by atoms with E-state index >= 15 is 0 Å². The van der Waals surface area contributed by atoms with Gasteiger partial charge in [-0.2, -0.15) is 0 Å². The summed E-state index contributed by atoms with van der Waals surface area (Å²) in [4.78, 5) is 9.96. The molecule has 1 amide bonds. The third-order valence-corrected chi connectivity index (χ3v) is 1.31. The van der Waals surface area contributed by atoms with E-state index in [2.05, 4.69) is 5.32 Å². The van der Waals surface area contributed by atoms with Crippen molar-refractivity contribution < 1.29 is 56.2 Å². The van der Waals surface area contributed by atoms with Crippen LogP contribution < -0.4 is 51.4 Å². The Labute approximate surface area is 109 Å². The molecule has 0 heterocycles. The van der Waals surface area contributed by atoms with E-state index in [4.69, 9.17) is 0 Å². The molecule has 0 saturated carbocycles. The summed E-state index contributed by atoms with van der Waals surface area (Å²) in [5.41, 5.74) is 1.77. The van der Waals surface area contributed by atoms with E-state index in [0.717, 1.165) is 11.3 Å². The summed E-state index contributed by atoms with van der Waals surface area (Å²) in [5, 5.41) is 3.63. The first kappa shape index (κ1) is 11.3. The maximum atomic E-state index is 9.96. The van der Waals surface area contributed by atoms with Gasteiger partial charge < -0.3 is 10.1 Å².